The molecule has 7 heteroatoms. The van der Waals surface area contributed by atoms with Crippen molar-refractivity contribution in [1.82, 2.24) is 20.4 Å². The van der Waals surface area contributed by atoms with Crippen molar-refractivity contribution >= 4 is 11.9 Å². The summed E-state index contributed by atoms with van der Waals surface area (Å²) in [7, 11) is 0. The molecule has 4 atom stereocenters. The molecule has 0 aromatic carbocycles. The van der Waals surface area contributed by atoms with Crippen molar-refractivity contribution in [3.05, 3.63) is 11.6 Å². The van der Waals surface area contributed by atoms with Crippen molar-refractivity contribution in [1.29, 1.82) is 0 Å². The number of nitrogens with two attached hydrogens (primary N) is 1. The van der Waals surface area contributed by atoms with Crippen LogP contribution >= 0.6 is 0 Å². The van der Waals surface area contributed by atoms with Gasteiger partial charge in [0.05, 0.1) is 6.54 Å². The maximum Gasteiger partial charge on any atom is 0.315 e. The Morgan fingerprint density at radius 1 is 1.12 bits per heavy atom. The normalized spacial score (nSPS) is 29.2. The number of nitrogens with zero attached hydrogens (tertiary/aromatic N) is 2. The van der Waals surface area contributed by atoms with Gasteiger partial charge in [-0.25, -0.2) is 4.79 Å². The summed E-state index contributed by atoms with van der Waals surface area (Å²) in [5.41, 5.74) is 1.31. The van der Waals surface area contributed by atoms with E-state index in [-0.39, 0.29) is 12.1 Å². The molecule has 2 aliphatic heterocycles. The fourth-order valence-electron chi connectivity index (χ4n) is 5.93. The standard InChI is InChI=1S/C26H47N5O2/c1-18(2)23-15-21(20(5)14-22(23)17-28-26(33)29-19(3)4)16-25(32)31-12-10-30(11-13-31)24-8-6-7-9-27-24/h14,18-19,21-24,27H,6-13,15-17H2,1-5H3,(H2,28,29,33)/p+1. The Labute approximate surface area is 201 Å². The molecule has 0 spiro atoms. The number of amides is 3. The van der Waals surface area contributed by atoms with Gasteiger partial charge in [-0.15, -0.1) is 0 Å². The molecule has 3 rings (SSSR count). The van der Waals surface area contributed by atoms with Gasteiger partial charge in [0.15, 0.2) is 0 Å². The molecule has 3 amide bonds. The van der Waals surface area contributed by atoms with E-state index >= 15 is 0 Å². The van der Waals surface area contributed by atoms with E-state index < -0.39 is 0 Å². The molecule has 33 heavy (non-hydrogen) atoms. The average Bonchev–Trinajstić information content (AvgIpc) is 2.79. The first kappa shape index (κ1) is 26.0. The topological polar surface area (TPSA) is 81.3 Å². The molecule has 3 aliphatic rings. The molecule has 0 bridgehead atoms. The van der Waals surface area contributed by atoms with Crippen LogP contribution in [0.3, 0.4) is 0 Å². The summed E-state index contributed by atoms with van der Waals surface area (Å²) in [4.78, 5) is 29.9. The van der Waals surface area contributed by atoms with Crippen LogP contribution in [-0.4, -0.2) is 73.2 Å². The smallest absolute Gasteiger partial charge is 0.315 e. The quantitative estimate of drug-likeness (QED) is 0.507. The maximum absolute atomic E-state index is 13.2. The third-order valence-electron chi connectivity index (χ3n) is 7.95. The van der Waals surface area contributed by atoms with Crippen LogP contribution < -0.4 is 16.0 Å². The fourth-order valence-corrected chi connectivity index (χ4v) is 5.93. The summed E-state index contributed by atoms with van der Waals surface area (Å²) in [6, 6.07) is 0.0356. The van der Waals surface area contributed by atoms with E-state index in [1.807, 2.05) is 13.8 Å². The number of allylic oxidation sites excluding steroid dienone is 1. The van der Waals surface area contributed by atoms with Gasteiger partial charge in [-0.1, -0.05) is 25.5 Å². The first-order valence-electron chi connectivity index (χ1n) is 13.3. The van der Waals surface area contributed by atoms with Gasteiger partial charge in [0.25, 0.3) is 0 Å². The minimum absolute atomic E-state index is 0.0965. The largest absolute Gasteiger partial charge is 0.340 e. The van der Waals surface area contributed by atoms with Crippen molar-refractivity contribution in [3.8, 4) is 0 Å². The van der Waals surface area contributed by atoms with E-state index in [1.165, 1.54) is 31.4 Å². The third kappa shape index (κ3) is 7.44. The molecule has 0 aromatic rings. The van der Waals surface area contributed by atoms with Crippen molar-refractivity contribution < 1.29 is 14.9 Å². The van der Waals surface area contributed by atoms with Gasteiger partial charge in [0, 0.05) is 51.6 Å². The van der Waals surface area contributed by atoms with Crippen molar-refractivity contribution in [2.24, 2.45) is 23.7 Å². The maximum atomic E-state index is 13.2. The predicted octanol–water partition coefficient (Wildman–Crippen LogP) is 2.16. The molecular formula is C26H48N5O2+. The van der Waals surface area contributed by atoms with E-state index in [9.17, 15) is 9.59 Å². The van der Waals surface area contributed by atoms with E-state index in [2.05, 4.69) is 52.6 Å². The molecule has 4 unspecified atom stereocenters. The Morgan fingerprint density at radius 3 is 2.45 bits per heavy atom. The second-order valence-electron chi connectivity index (χ2n) is 11.1. The van der Waals surface area contributed by atoms with E-state index in [4.69, 9.17) is 0 Å². The van der Waals surface area contributed by atoms with Gasteiger partial charge in [-0.05, 0) is 63.7 Å². The van der Waals surface area contributed by atoms with Crippen LogP contribution in [0.4, 0.5) is 4.79 Å². The van der Waals surface area contributed by atoms with E-state index in [0.717, 1.165) is 32.6 Å². The van der Waals surface area contributed by atoms with Gasteiger partial charge in [0.1, 0.15) is 6.17 Å². The zero-order valence-corrected chi connectivity index (χ0v) is 21.6. The lowest BCUT2D eigenvalue weighted by Gasteiger charge is -2.40. The summed E-state index contributed by atoms with van der Waals surface area (Å²) in [5.74, 6) is 1.95. The molecule has 0 saturated carbocycles. The van der Waals surface area contributed by atoms with Crippen LogP contribution in [0.5, 0.6) is 0 Å². The first-order chi connectivity index (χ1) is 15.7. The highest BCUT2D eigenvalue weighted by Crippen LogP contribution is 2.39. The number of piperazine rings is 1. The van der Waals surface area contributed by atoms with Gasteiger partial charge in [0.2, 0.25) is 5.91 Å². The van der Waals surface area contributed by atoms with Crippen molar-refractivity contribution in [2.75, 3.05) is 39.3 Å². The number of piperidine rings is 1. The third-order valence-corrected chi connectivity index (χ3v) is 7.95. The van der Waals surface area contributed by atoms with Crippen LogP contribution in [0, 0.1) is 23.7 Å². The Morgan fingerprint density at radius 2 is 1.85 bits per heavy atom. The summed E-state index contributed by atoms with van der Waals surface area (Å²) in [6.07, 6.45) is 8.56. The van der Waals surface area contributed by atoms with Gasteiger partial charge < -0.3 is 20.9 Å². The lowest BCUT2D eigenvalue weighted by Crippen LogP contribution is -2.95. The minimum atomic E-state index is -0.0965. The molecule has 0 aromatic heterocycles. The lowest BCUT2D eigenvalue weighted by molar-refractivity contribution is -0.717. The van der Waals surface area contributed by atoms with Crippen LogP contribution in [0.2, 0.25) is 0 Å². The molecule has 2 saturated heterocycles. The summed E-state index contributed by atoms with van der Waals surface area (Å²) in [6.45, 7) is 16.3. The zero-order valence-electron chi connectivity index (χ0n) is 21.6. The van der Waals surface area contributed by atoms with Crippen LogP contribution in [0.15, 0.2) is 11.6 Å². The summed E-state index contributed by atoms with van der Waals surface area (Å²) >= 11 is 0. The Balaban J connectivity index is 1.51. The molecule has 2 fully saturated rings. The fraction of sp³-hybridized carbons (Fsp3) is 0.846. The molecule has 4 N–H and O–H groups in total. The number of hydrogen-bond donors (Lipinski definition) is 3. The SMILES string of the molecule is CC1=CC(CNC(=O)NC(C)C)C(C(C)C)CC1CC(=O)N1CCN(C2CCCC[NH2+]2)CC1. The Kier molecular flexibility index (Phi) is 9.62. The monoisotopic (exact) mass is 462 g/mol. The zero-order chi connectivity index (χ0) is 24.0. The number of urea groups is 1. The Bertz CT molecular complexity index is 678. The molecule has 7 nitrogen and oxygen atoms in total. The highest BCUT2D eigenvalue weighted by molar-refractivity contribution is 5.77. The number of hydrogen-bond acceptors (Lipinski definition) is 3. The first-order valence-corrected chi connectivity index (χ1v) is 13.3. The number of carbonyl (C=O) groups excluding carboxylic acids is 2. The number of quaternary nitrogens is 1. The molecule has 0 radical (unpaired) electrons. The summed E-state index contributed by atoms with van der Waals surface area (Å²) in [5, 5.41) is 8.44. The second-order valence-corrected chi connectivity index (χ2v) is 11.1. The molecule has 188 valence electrons. The van der Waals surface area contributed by atoms with Gasteiger partial charge >= 0.3 is 6.03 Å². The highest BCUT2D eigenvalue weighted by Gasteiger charge is 2.35. The molecule has 1 aliphatic carbocycles. The average molecular weight is 463 g/mol. The second kappa shape index (κ2) is 12.2. The number of rotatable bonds is 7. The van der Waals surface area contributed by atoms with Gasteiger partial charge in [-0.2, -0.15) is 0 Å². The van der Waals surface area contributed by atoms with Gasteiger partial charge in [-0.3, -0.25) is 9.69 Å². The number of carbonyl (C=O) groups is 2. The predicted molar refractivity (Wildman–Crippen MR) is 133 cm³/mol. The lowest BCUT2D eigenvalue weighted by atomic mass is 9.69. The van der Waals surface area contributed by atoms with Crippen LogP contribution in [-0.2, 0) is 4.79 Å². The minimum Gasteiger partial charge on any atom is -0.340 e. The molecule has 2 heterocycles. The van der Waals surface area contributed by atoms with Crippen molar-refractivity contribution in [3.63, 3.8) is 0 Å². The van der Waals surface area contributed by atoms with E-state index in [0.29, 0.717) is 48.7 Å². The summed E-state index contributed by atoms with van der Waals surface area (Å²) < 4.78 is 0. The van der Waals surface area contributed by atoms with Crippen molar-refractivity contribution in [2.45, 2.75) is 78.9 Å². The van der Waals surface area contributed by atoms with Crippen LogP contribution in [0.25, 0.3) is 0 Å². The van der Waals surface area contributed by atoms with Crippen LogP contribution in [0.1, 0.15) is 66.7 Å². The Hall–Kier alpha value is -1.60. The molecular weight excluding hydrogens is 414 g/mol. The number of nitrogens with one attached hydrogen (secondary N) is 2. The highest BCUT2D eigenvalue weighted by atomic mass is 16.2. The van der Waals surface area contributed by atoms with E-state index in [1.54, 1.807) is 0 Å².